The molecule has 0 saturated carbocycles. The Morgan fingerprint density at radius 3 is 0.500 bits per heavy atom. The van der Waals surface area contributed by atoms with Gasteiger partial charge in [0.1, 0.15) is 23.1 Å². The largest absolute Gasteiger partial charge is 2.00 e. The van der Waals surface area contributed by atoms with Crippen molar-refractivity contribution >= 4 is 47.0 Å². The molecule has 0 aliphatic carbocycles. The Morgan fingerprint density at radius 2 is 0.500 bits per heavy atom. The van der Waals surface area contributed by atoms with E-state index in [2.05, 4.69) is 0 Å². The van der Waals surface area contributed by atoms with Gasteiger partial charge in [0.25, 0.3) is 0 Å². The van der Waals surface area contributed by atoms with Crippen LogP contribution in [-0.4, -0.2) is 47.0 Å². The molecule has 0 N–H and O–H groups in total. The van der Waals surface area contributed by atoms with E-state index in [1.807, 2.05) is 0 Å². The zero-order valence-corrected chi connectivity index (χ0v) is 25.2. The van der Waals surface area contributed by atoms with Gasteiger partial charge in [0.15, 0.2) is 0 Å². The second kappa shape index (κ2) is 27.4. The number of aliphatic carboxylic acids is 4. The molecule has 0 amide bonds. The minimum Gasteiger partial charge on any atom is -0.550 e. The maximum Gasteiger partial charge on any atom is 2.00 e. The fraction of sp³-hybridized carbons (Fsp3) is 0.500. The summed E-state index contributed by atoms with van der Waals surface area (Å²) in [5.41, 5.74) is 0. The molecule has 0 fully saturated rings. The summed E-state index contributed by atoms with van der Waals surface area (Å²) in [6.07, 6.45) is -1.89. The summed E-state index contributed by atoms with van der Waals surface area (Å²) in [5.74, 6) is -6.75. The quantitative estimate of drug-likeness (QED) is 0.181. The monoisotopic (exact) mass is 632 g/mol. The molecule has 0 atom stereocenters. The molecule has 0 aromatic rings. The van der Waals surface area contributed by atoms with E-state index in [0.29, 0.717) is 0 Å². The normalized spacial score (nSPS) is 7.60. The average molecular weight is 629 g/mol. The van der Waals surface area contributed by atoms with E-state index in [9.17, 15) is 58.8 Å². The number of hydrogen-bond donors (Lipinski definition) is 0. The van der Waals surface area contributed by atoms with Crippen molar-refractivity contribution in [2.45, 2.75) is 53.4 Å². The molecule has 0 aromatic carbocycles. The average Bonchev–Trinajstić information content (AvgIpc) is 2.32. The van der Waals surface area contributed by atoms with Crippen molar-refractivity contribution < 1.29 is 113 Å². The standard InChI is InChI=1S/4C4H6O3.2Cd/c4*1-3(5)2-4(6)7;;/h4*2H2,1H3,(H,6,7);;/q;;;;2*+2/p-4. The number of ketones is 4. The van der Waals surface area contributed by atoms with E-state index < -0.39 is 49.6 Å². The summed E-state index contributed by atoms with van der Waals surface area (Å²) >= 11 is 0. The van der Waals surface area contributed by atoms with Gasteiger partial charge >= 0.3 is 54.6 Å². The van der Waals surface area contributed by atoms with Crippen molar-refractivity contribution in [3.8, 4) is 0 Å². The van der Waals surface area contributed by atoms with Crippen LogP contribution >= 0.6 is 0 Å². The Labute approximate surface area is 212 Å². The number of hydrogen-bond acceptors (Lipinski definition) is 12. The molecule has 0 rings (SSSR count). The van der Waals surface area contributed by atoms with Crippen LogP contribution in [-0.2, 0) is 93.0 Å². The fourth-order valence-corrected chi connectivity index (χ4v) is 0.813. The van der Waals surface area contributed by atoms with E-state index >= 15 is 0 Å². The fourth-order valence-electron chi connectivity index (χ4n) is 0.813. The molecular formula is C16H20Cd2O12. The molecule has 0 unspecified atom stereocenters. The Kier molecular flexibility index (Phi) is 38.8. The van der Waals surface area contributed by atoms with E-state index in [-0.39, 0.29) is 77.7 Å². The predicted molar refractivity (Wildman–Crippen MR) is 81.2 cm³/mol. The Hall–Kier alpha value is -1.60. The van der Waals surface area contributed by atoms with Gasteiger partial charge in [-0.1, -0.05) is 0 Å². The summed E-state index contributed by atoms with van der Waals surface area (Å²) < 4.78 is 0. The number of carbonyl (C=O) groups excluding carboxylic acids is 8. The summed E-state index contributed by atoms with van der Waals surface area (Å²) in [6.45, 7) is 4.82. The molecule has 14 heteroatoms. The molecule has 30 heavy (non-hydrogen) atoms. The number of carbonyl (C=O) groups is 8. The minimum atomic E-state index is -1.31. The summed E-state index contributed by atoms with van der Waals surface area (Å²) in [7, 11) is 0. The third kappa shape index (κ3) is 82.1. The summed E-state index contributed by atoms with van der Waals surface area (Å²) in [6, 6.07) is 0. The molecule has 0 heterocycles. The van der Waals surface area contributed by atoms with Crippen LogP contribution in [0.25, 0.3) is 0 Å². The summed E-state index contributed by atoms with van der Waals surface area (Å²) in [5, 5.41) is 37.9. The molecule has 160 valence electrons. The van der Waals surface area contributed by atoms with Gasteiger partial charge < -0.3 is 39.6 Å². The second-order valence-corrected chi connectivity index (χ2v) is 5.00. The first-order valence-corrected chi connectivity index (χ1v) is 7.28. The number of rotatable bonds is 8. The van der Waals surface area contributed by atoms with Crippen molar-refractivity contribution in [1.29, 1.82) is 0 Å². The molecule has 0 aliphatic heterocycles. The van der Waals surface area contributed by atoms with Crippen molar-refractivity contribution in [3.05, 3.63) is 0 Å². The number of carboxylic acids is 4. The van der Waals surface area contributed by atoms with Crippen molar-refractivity contribution in [2.24, 2.45) is 0 Å². The zero-order chi connectivity index (χ0) is 23.4. The predicted octanol–water partition coefficient (Wildman–Crippen LogP) is -5.14. The van der Waals surface area contributed by atoms with Crippen LogP contribution < -0.4 is 20.4 Å². The van der Waals surface area contributed by atoms with Crippen LogP contribution in [0.15, 0.2) is 0 Å². The first kappa shape index (κ1) is 42.5. The third-order valence-electron chi connectivity index (χ3n) is 1.57. The van der Waals surface area contributed by atoms with E-state index in [4.69, 9.17) is 0 Å². The number of Topliss-reactive ketones (excluding diaryl/α,β-unsaturated/α-hetero) is 4. The molecule has 0 radical (unpaired) electrons. The van der Waals surface area contributed by atoms with Crippen LogP contribution in [0.4, 0.5) is 0 Å². The van der Waals surface area contributed by atoms with Gasteiger partial charge in [-0.05, 0) is 27.7 Å². The maximum absolute atomic E-state index is 9.83. The van der Waals surface area contributed by atoms with Crippen LogP contribution in [0.2, 0.25) is 0 Å². The Morgan fingerprint density at radius 1 is 0.400 bits per heavy atom. The molecule has 0 spiro atoms. The minimum absolute atomic E-state index is 0. The van der Waals surface area contributed by atoms with Crippen LogP contribution in [0.5, 0.6) is 0 Å². The van der Waals surface area contributed by atoms with Crippen LogP contribution in [0, 0.1) is 0 Å². The molecule has 0 bridgehead atoms. The van der Waals surface area contributed by atoms with Crippen molar-refractivity contribution in [2.75, 3.05) is 0 Å². The van der Waals surface area contributed by atoms with Gasteiger partial charge in [0, 0.05) is 49.6 Å². The van der Waals surface area contributed by atoms with Gasteiger partial charge in [0.05, 0.1) is 0 Å². The smallest absolute Gasteiger partial charge is 0.550 e. The Bertz CT molecular complexity index is 447. The molecule has 0 aromatic heterocycles. The van der Waals surface area contributed by atoms with Gasteiger partial charge in [-0.2, -0.15) is 0 Å². The molecule has 0 aliphatic rings. The van der Waals surface area contributed by atoms with Crippen molar-refractivity contribution in [3.63, 3.8) is 0 Å². The topological polar surface area (TPSA) is 229 Å². The Balaban J connectivity index is -0.0000000626. The number of carboxylic acid groups (broad SMARTS) is 4. The van der Waals surface area contributed by atoms with Gasteiger partial charge in [-0.25, -0.2) is 0 Å². The second-order valence-electron chi connectivity index (χ2n) is 5.00. The molecule has 0 saturated heterocycles. The summed E-state index contributed by atoms with van der Waals surface area (Å²) in [4.78, 5) is 77.2. The van der Waals surface area contributed by atoms with Gasteiger partial charge in [-0.15, -0.1) is 0 Å². The first-order chi connectivity index (χ1) is 12.5. The zero-order valence-electron chi connectivity index (χ0n) is 17.1. The van der Waals surface area contributed by atoms with Gasteiger partial charge in [0.2, 0.25) is 0 Å². The first-order valence-electron chi connectivity index (χ1n) is 7.28. The molecule has 12 nitrogen and oxygen atoms in total. The van der Waals surface area contributed by atoms with Crippen LogP contribution in [0.1, 0.15) is 53.4 Å². The molecular weight excluding hydrogens is 609 g/mol. The van der Waals surface area contributed by atoms with Gasteiger partial charge in [-0.3, -0.25) is 19.2 Å². The SMILES string of the molecule is CC(=O)CC(=O)[O-].CC(=O)CC(=O)[O-].CC(=O)CC(=O)[O-].CC(=O)CC(=O)[O-].[Cd+2].[Cd+2]. The van der Waals surface area contributed by atoms with E-state index in [1.165, 1.54) is 27.7 Å². The van der Waals surface area contributed by atoms with E-state index in [0.717, 1.165) is 0 Å². The van der Waals surface area contributed by atoms with Crippen molar-refractivity contribution in [1.82, 2.24) is 0 Å². The van der Waals surface area contributed by atoms with E-state index in [1.54, 1.807) is 0 Å². The third-order valence-corrected chi connectivity index (χ3v) is 1.57. The maximum atomic E-state index is 9.83. The van der Waals surface area contributed by atoms with Crippen LogP contribution in [0.3, 0.4) is 0 Å².